The molecule has 170 valence electrons. The maximum absolute atomic E-state index is 13.2. The zero-order valence-corrected chi connectivity index (χ0v) is 19.0. The second-order valence-electron chi connectivity index (χ2n) is 9.21. The first-order valence-electron chi connectivity index (χ1n) is 11.7. The lowest BCUT2D eigenvalue weighted by Crippen LogP contribution is -2.59. The maximum Gasteiger partial charge on any atom is 0.317 e. The summed E-state index contributed by atoms with van der Waals surface area (Å²) in [6.07, 6.45) is 4.30. The highest BCUT2D eigenvalue weighted by atomic mass is 16.5. The Kier molecular flexibility index (Phi) is 5.96. The Morgan fingerprint density at radius 1 is 1.09 bits per heavy atom. The summed E-state index contributed by atoms with van der Waals surface area (Å²) in [4.78, 5) is 17.9. The van der Waals surface area contributed by atoms with Crippen LogP contribution in [0.2, 0.25) is 0 Å². The molecule has 0 bridgehead atoms. The molecule has 2 aromatic rings. The molecule has 2 saturated heterocycles. The number of methoxy groups -OCH3 is 2. The van der Waals surface area contributed by atoms with Gasteiger partial charge in [-0.1, -0.05) is 30.3 Å². The fourth-order valence-electron chi connectivity index (χ4n) is 5.90. The largest absolute Gasteiger partial charge is 0.493 e. The van der Waals surface area contributed by atoms with Crippen molar-refractivity contribution < 1.29 is 14.3 Å². The normalized spacial score (nSPS) is 24.7. The Bertz CT molecular complexity index is 964. The summed E-state index contributed by atoms with van der Waals surface area (Å²) in [6, 6.07) is 15.1. The number of hydrogen-bond acceptors (Lipinski definition) is 4. The minimum atomic E-state index is 0.0698. The summed E-state index contributed by atoms with van der Waals surface area (Å²) in [6.45, 7) is 3.54. The van der Waals surface area contributed by atoms with Gasteiger partial charge in [0, 0.05) is 38.3 Å². The number of nitrogens with zero attached hydrogens (tertiary/aromatic N) is 2. The van der Waals surface area contributed by atoms with Gasteiger partial charge < -0.3 is 19.7 Å². The molecule has 0 radical (unpaired) electrons. The van der Waals surface area contributed by atoms with E-state index in [4.69, 9.17) is 9.47 Å². The molecule has 0 aliphatic carbocycles. The molecule has 2 aromatic carbocycles. The van der Waals surface area contributed by atoms with Gasteiger partial charge in [-0.3, -0.25) is 4.90 Å². The predicted octanol–water partition coefficient (Wildman–Crippen LogP) is 4.00. The molecule has 6 nitrogen and oxygen atoms in total. The molecule has 2 amide bonds. The first kappa shape index (κ1) is 21.1. The van der Waals surface area contributed by atoms with Crippen LogP contribution in [-0.4, -0.2) is 55.7 Å². The lowest BCUT2D eigenvalue weighted by Gasteiger charge is -2.52. The standard InChI is InChI=1S/C26H33N3O3/c1-31-24-13-19-10-12-28-17-20-9-6-11-29(26(30)27-16-18-7-4-3-5-8-18)22(20)15-23(28)21(19)14-25(24)32-2/h3-5,7-8,13-14,20,22-23H,6,9-12,15-17H2,1-2H3,(H,27,30). The molecule has 3 atom stereocenters. The molecule has 6 heteroatoms. The Balaban J connectivity index is 1.35. The first-order valence-corrected chi connectivity index (χ1v) is 11.7. The molecular weight excluding hydrogens is 402 g/mol. The fraction of sp³-hybridized carbons (Fsp3) is 0.500. The Morgan fingerprint density at radius 2 is 1.88 bits per heavy atom. The number of rotatable bonds is 4. The van der Waals surface area contributed by atoms with Gasteiger partial charge in [-0.25, -0.2) is 4.79 Å². The highest BCUT2D eigenvalue weighted by Gasteiger charge is 2.44. The monoisotopic (exact) mass is 435 g/mol. The number of carbonyl (C=O) groups is 1. The van der Waals surface area contributed by atoms with E-state index in [9.17, 15) is 4.79 Å². The number of fused-ring (bicyclic) bond motifs is 4. The van der Waals surface area contributed by atoms with E-state index in [1.54, 1.807) is 14.2 Å². The number of likely N-dealkylation sites (tertiary alicyclic amines) is 1. The molecule has 32 heavy (non-hydrogen) atoms. The molecule has 3 aliphatic rings. The zero-order chi connectivity index (χ0) is 22.1. The molecule has 0 spiro atoms. The zero-order valence-electron chi connectivity index (χ0n) is 19.0. The Morgan fingerprint density at radius 3 is 2.66 bits per heavy atom. The van der Waals surface area contributed by atoms with E-state index >= 15 is 0 Å². The molecular formula is C26H33N3O3. The van der Waals surface area contributed by atoms with Crippen molar-refractivity contribution in [2.24, 2.45) is 5.92 Å². The summed E-state index contributed by atoms with van der Waals surface area (Å²) in [5.41, 5.74) is 3.81. The number of carbonyl (C=O) groups excluding carboxylic acids is 1. The number of hydrogen-bond donors (Lipinski definition) is 1. The van der Waals surface area contributed by atoms with Crippen LogP contribution in [0, 0.1) is 5.92 Å². The predicted molar refractivity (Wildman–Crippen MR) is 124 cm³/mol. The third kappa shape index (κ3) is 3.92. The number of amides is 2. The van der Waals surface area contributed by atoms with E-state index in [0.29, 0.717) is 18.5 Å². The van der Waals surface area contributed by atoms with Crippen LogP contribution in [0.5, 0.6) is 11.5 Å². The fourth-order valence-corrected chi connectivity index (χ4v) is 5.90. The van der Waals surface area contributed by atoms with E-state index in [-0.39, 0.29) is 12.1 Å². The van der Waals surface area contributed by atoms with E-state index in [2.05, 4.69) is 39.4 Å². The Hall–Kier alpha value is -2.73. The first-order chi connectivity index (χ1) is 15.7. The van der Waals surface area contributed by atoms with Crippen LogP contribution < -0.4 is 14.8 Å². The second-order valence-corrected chi connectivity index (χ2v) is 9.21. The van der Waals surface area contributed by atoms with Crippen LogP contribution in [0.1, 0.15) is 42.0 Å². The Labute approximate surface area is 190 Å². The van der Waals surface area contributed by atoms with Gasteiger partial charge in [0.05, 0.1) is 14.2 Å². The minimum absolute atomic E-state index is 0.0698. The molecule has 5 rings (SSSR count). The van der Waals surface area contributed by atoms with Crippen molar-refractivity contribution >= 4 is 6.03 Å². The number of ether oxygens (including phenoxy) is 2. The van der Waals surface area contributed by atoms with Crippen molar-refractivity contribution in [3.05, 3.63) is 59.2 Å². The van der Waals surface area contributed by atoms with Gasteiger partial charge >= 0.3 is 6.03 Å². The molecule has 1 N–H and O–H groups in total. The van der Waals surface area contributed by atoms with Gasteiger partial charge in [0.15, 0.2) is 11.5 Å². The molecule has 0 aromatic heterocycles. The summed E-state index contributed by atoms with van der Waals surface area (Å²) >= 11 is 0. The third-order valence-corrected chi connectivity index (χ3v) is 7.51. The van der Waals surface area contributed by atoms with Crippen molar-refractivity contribution in [2.45, 2.75) is 44.3 Å². The van der Waals surface area contributed by atoms with Crippen LogP contribution in [0.4, 0.5) is 4.79 Å². The van der Waals surface area contributed by atoms with E-state index in [1.165, 1.54) is 17.5 Å². The van der Waals surface area contributed by atoms with E-state index in [1.807, 2.05) is 18.2 Å². The molecule has 0 saturated carbocycles. The highest BCUT2D eigenvalue weighted by Crippen LogP contribution is 2.45. The smallest absolute Gasteiger partial charge is 0.317 e. The van der Waals surface area contributed by atoms with Crippen molar-refractivity contribution in [1.82, 2.24) is 15.1 Å². The van der Waals surface area contributed by atoms with Crippen LogP contribution in [0.15, 0.2) is 42.5 Å². The summed E-state index contributed by atoms with van der Waals surface area (Å²) in [5.74, 6) is 2.13. The topological polar surface area (TPSA) is 54.0 Å². The van der Waals surface area contributed by atoms with E-state index in [0.717, 1.165) is 56.0 Å². The SMILES string of the molecule is COc1cc2c(cc1OC)C1CC3C(CCCN3C(=O)NCc3ccccc3)CN1CC2. The average Bonchev–Trinajstić information content (AvgIpc) is 2.85. The highest BCUT2D eigenvalue weighted by molar-refractivity contribution is 5.74. The van der Waals surface area contributed by atoms with E-state index < -0.39 is 0 Å². The van der Waals surface area contributed by atoms with Gasteiger partial charge in [0.2, 0.25) is 0 Å². The number of piperidine rings is 2. The lowest BCUT2D eigenvalue weighted by atomic mass is 9.76. The van der Waals surface area contributed by atoms with Crippen LogP contribution in [0.3, 0.4) is 0 Å². The maximum atomic E-state index is 13.2. The van der Waals surface area contributed by atoms with Gasteiger partial charge in [0.1, 0.15) is 0 Å². The van der Waals surface area contributed by atoms with Crippen molar-refractivity contribution in [3.8, 4) is 11.5 Å². The van der Waals surface area contributed by atoms with Gasteiger partial charge in [0.25, 0.3) is 0 Å². The molecule has 3 aliphatic heterocycles. The average molecular weight is 436 g/mol. The van der Waals surface area contributed by atoms with Crippen molar-refractivity contribution in [3.63, 3.8) is 0 Å². The van der Waals surface area contributed by atoms with Gasteiger partial charge in [-0.05, 0) is 60.4 Å². The minimum Gasteiger partial charge on any atom is -0.493 e. The second kappa shape index (κ2) is 9.02. The molecule has 3 unspecified atom stereocenters. The molecule has 3 heterocycles. The van der Waals surface area contributed by atoms with Crippen LogP contribution >= 0.6 is 0 Å². The quantitative estimate of drug-likeness (QED) is 0.789. The van der Waals surface area contributed by atoms with Gasteiger partial charge in [-0.15, -0.1) is 0 Å². The van der Waals surface area contributed by atoms with Crippen LogP contribution in [0.25, 0.3) is 0 Å². The number of nitrogens with one attached hydrogen (secondary N) is 1. The third-order valence-electron chi connectivity index (χ3n) is 7.51. The summed E-state index contributed by atoms with van der Waals surface area (Å²) in [5, 5.41) is 3.16. The summed E-state index contributed by atoms with van der Waals surface area (Å²) in [7, 11) is 3.39. The summed E-state index contributed by atoms with van der Waals surface area (Å²) < 4.78 is 11.1. The molecule has 2 fully saturated rings. The van der Waals surface area contributed by atoms with Gasteiger partial charge in [-0.2, -0.15) is 0 Å². The van der Waals surface area contributed by atoms with Crippen molar-refractivity contribution in [2.75, 3.05) is 33.9 Å². The van der Waals surface area contributed by atoms with Crippen LogP contribution in [-0.2, 0) is 13.0 Å². The number of benzene rings is 2. The van der Waals surface area contributed by atoms with Crippen molar-refractivity contribution in [1.29, 1.82) is 0 Å². The number of urea groups is 1. The lowest BCUT2D eigenvalue weighted by molar-refractivity contribution is 0.00557.